The van der Waals surface area contributed by atoms with Gasteiger partial charge in [-0.2, -0.15) is 0 Å². The van der Waals surface area contributed by atoms with E-state index in [-0.39, 0.29) is 17.6 Å². The lowest BCUT2D eigenvalue weighted by atomic mass is 10.3. The Morgan fingerprint density at radius 3 is 1.36 bits per heavy atom. The Labute approximate surface area is 66.2 Å². The minimum Gasteiger partial charge on any atom is -0.504 e. The molecule has 0 spiro atoms. The first-order chi connectivity index (χ1) is 4.80. The summed E-state index contributed by atoms with van der Waals surface area (Å²) in [6, 6.07) is 6.15. The van der Waals surface area contributed by atoms with Crippen LogP contribution in [-0.4, -0.2) is 10.2 Å². The first kappa shape index (κ1) is 12.2. The van der Waals surface area contributed by atoms with E-state index in [1.54, 1.807) is 12.1 Å². The molecule has 0 aliphatic heterocycles. The van der Waals surface area contributed by atoms with Crippen LogP contribution >= 0.6 is 0 Å². The predicted octanol–water partition coefficient (Wildman–Crippen LogP) is 2.06. The first-order valence-electron chi connectivity index (χ1n) is 2.77. The van der Waals surface area contributed by atoms with E-state index in [1.807, 2.05) is 0 Å². The topological polar surface area (TPSA) is 75.5 Å². The van der Waals surface area contributed by atoms with Crippen LogP contribution in [0.1, 0.15) is 0 Å². The van der Waals surface area contributed by atoms with Gasteiger partial charge < -0.3 is 16.4 Å². The highest BCUT2D eigenvalue weighted by Gasteiger charge is 1.90. The van der Waals surface area contributed by atoms with Gasteiger partial charge in [0.2, 0.25) is 0 Å². The smallest absolute Gasteiger partial charge is 0.157 e. The molecule has 0 amide bonds. The zero-order valence-corrected chi connectivity index (χ0v) is 6.33. The van der Waals surface area contributed by atoms with Crippen LogP contribution in [0.15, 0.2) is 37.4 Å². The Bertz CT molecular complexity index is 180. The van der Waals surface area contributed by atoms with Gasteiger partial charge in [0.15, 0.2) is 11.5 Å². The maximum Gasteiger partial charge on any atom is 0.157 e. The van der Waals surface area contributed by atoms with Crippen LogP contribution in [0.4, 0.5) is 0 Å². The summed E-state index contributed by atoms with van der Waals surface area (Å²) < 4.78 is 0. The van der Waals surface area contributed by atoms with Crippen LogP contribution < -0.4 is 6.15 Å². The Hall–Kier alpha value is -1.48. The van der Waals surface area contributed by atoms with Crippen LogP contribution in [0.25, 0.3) is 0 Å². The molecule has 0 saturated heterocycles. The van der Waals surface area contributed by atoms with E-state index in [2.05, 4.69) is 13.2 Å². The summed E-state index contributed by atoms with van der Waals surface area (Å²) in [5, 5.41) is 17.3. The summed E-state index contributed by atoms with van der Waals surface area (Å²) >= 11 is 0. The van der Waals surface area contributed by atoms with E-state index in [1.165, 1.54) is 12.1 Å². The number of phenolic OH excluding ortho intramolecular Hbond substituents is 2. The highest BCUT2D eigenvalue weighted by atomic mass is 16.3. The molecule has 1 aromatic carbocycles. The van der Waals surface area contributed by atoms with Crippen molar-refractivity contribution in [2.24, 2.45) is 0 Å². The monoisotopic (exact) mass is 155 g/mol. The van der Waals surface area contributed by atoms with Crippen molar-refractivity contribution in [2.75, 3.05) is 0 Å². The fraction of sp³-hybridized carbons (Fsp3) is 0. The van der Waals surface area contributed by atoms with Gasteiger partial charge in [-0.3, -0.25) is 0 Å². The molecule has 1 rings (SSSR count). The van der Waals surface area contributed by atoms with Gasteiger partial charge in [-0.05, 0) is 12.1 Å². The van der Waals surface area contributed by atoms with Crippen molar-refractivity contribution in [1.82, 2.24) is 6.15 Å². The molecule has 0 saturated carbocycles. The molecule has 62 valence electrons. The zero-order chi connectivity index (χ0) is 7.98. The van der Waals surface area contributed by atoms with E-state index < -0.39 is 0 Å². The molecule has 0 unspecified atom stereocenters. The summed E-state index contributed by atoms with van der Waals surface area (Å²) in [5.74, 6) is -0.153. The Balaban J connectivity index is 0. The van der Waals surface area contributed by atoms with Crippen LogP contribution in [-0.2, 0) is 0 Å². The van der Waals surface area contributed by atoms with Crippen LogP contribution in [0.2, 0.25) is 0 Å². The maximum absolute atomic E-state index is 8.67. The third-order valence-electron chi connectivity index (χ3n) is 0.882. The molecule has 0 bridgehead atoms. The second-order valence-corrected chi connectivity index (χ2v) is 1.49. The van der Waals surface area contributed by atoms with Gasteiger partial charge in [0.05, 0.1) is 0 Å². The molecule has 0 heterocycles. The normalized spacial score (nSPS) is 6.91. The van der Waals surface area contributed by atoms with Crippen molar-refractivity contribution in [3.8, 4) is 11.5 Å². The average molecular weight is 155 g/mol. The number of phenols is 2. The minimum absolute atomic E-state index is 0. The van der Waals surface area contributed by atoms with Gasteiger partial charge in [-0.25, -0.2) is 0 Å². The zero-order valence-electron chi connectivity index (χ0n) is 6.33. The number of hydrogen-bond acceptors (Lipinski definition) is 3. The molecule has 3 heteroatoms. The number of benzene rings is 1. The highest BCUT2D eigenvalue weighted by molar-refractivity contribution is 5.36. The summed E-state index contributed by atoms with van der Waals surface area (Å²) in [6.07, 6.45) is 0. The van der Waals surface area contributed by atoms with Crippen molar-refractivity contribution in [3.05, 3.63) is 37.4 Å². The van der Waals surface area contributed by atoms with Crippen molar-refractivity contribution >= 4 is 0 Å². The van der Waals surface area contributed by atoms with Gasteiger partial charge in [-0.1, -0.05) is 12.1 Å². The van der Waals surface area contributed by atoms with Crippen LogP contribution in [0.5, 0.6) is 11.5 Å². The van der Waals surface area contributed by atoms with E-state index in [9.17, 15) is 0 Å². The Morgan fingerprint density at radius 1 is 0.909 bits per heavy atom. The average Bonchev–Trinajstić information content (AvgIpc) is 2.00. The molecule has 0 aliphatic carbocycles. The van der Waals surface area contributed by atoms with Crippen molar-refractivity contribution in [1.29, 1.82) is 0 Å². The molecule has 0 atom stereocenters. The van der Waals surface area contributed by atoms with Crippen molar-refractivity contribution in [3.63, 3.8) is 0 Å². The Morgan fingerprint density at radius 2 is 1.18 bits per heavy atom. The van der Waals surface area contributed by atoms with Crippen molar-refractivity contribution in [2.45, 2.75) is 0 Å². The van der Waals surface area contributed by atoms with Gasteiger partial charge in [-0.15, -0.1) is 13.2 Å². The quantitative estimate of drug-likeness (QED) is 0.396. The standard InChI is InChI=1S/C6H6O2.C2H4.H3N/c7-5-3-1-2-4-6(5)8;1-2;/h1-4,7-8H;1-2H2;1H3. The lowest BCUT2D eigenvalue weighted by molar-refractivity contribution is 0.404. The molecule has 0 radical (unpaired) electrons. The lowest BCUT2D eigenvalue weighted by Gasteiger charge is -1.91. The van der Waals surface area contributed by atoms with Gasteiger partial charge in [0.25, 0.3) is 0 Å². The minimum atomic E-state index is -0.0764. The molecule has 0 aliphatic rings. The van der Waals surface area contributed by atoms with E-state index >= 15 is 0 Å². The summed E-state index contributed by atoms with van der Waals surface area (Å²) in [7, 11) is 0. The van der Waals surface area contributed by atoms with Crippen molar-refractivity contribution < 1.29 is 10.2 Å². The fourth-order valence-corrected chi connectivity index (χ4v) is 0.464. The number of hydrogen-bond donors (Lipinski definition) is 3. The van der Waals surface area contributed by atoms with Crippen LogP contribution in [0.3, 0.4) is 0 Å². The first-order valence-corrected chi connectivity index (χ1v) is 2.77. The number of rotatable bonds is 0. The molecule has 3 nitrogen and oxygen atoms in total. The third-order valence-corrected chi connectivity index (χ3v) is 0.882. The molecule has 0 aromatic heterocycles. The van der Waals surface area contributed by atoms with Gasteiger partial charge >= 0.3 is 0 Å². The third kappa shape index (κ3) is 4.00. The molecule has 1 aromatic rings. The number of para-hydroxylation sites is 2. The summed E-state index contributed by atoms with van der Waals surface area (Å²) in [4.78, 5) is 0. The van der Waals surface area contributed by atoms with E-state index in [0.717, 1.165) is 0 Å². The highest BCUT2D eigenvalue weighted by Crippen LogP contribution is 2.21. The Kier molecular flexibility index (Phi) is 7.37. The molecule has 5 N–H and O–H groups in total. The molecule has 11 heavy (non-hydrogen) atoms. The van der Waals surface area contributed by atoms with Gasteiger partial charge in [0.1, 0.15) is 0 Å². The molecular weight excluding hydrogens is 142 g/mol. The maximum atomic E-state index is 8.67. The molecular formula is C8H13NO2. The SMILES string of the molecule is C=C.N.Oc1ccccc1O. The number of aromatic hydroxyl groups is 2. The van der Waals surface area contributed by atoms with E-state index in [0.29, 0.717) is 0 Å². The summed E-state index contributed by atoms with van der Waals surface area (Å²) in [5.41, 5.74) is 0. The second kappa shape index (κ2) is 6.64. The lowest BCUT2D eigenvalue weighted by Crippen LogP contribution is -1.63. The molecule has 0 fully saturated rings. The second-order valence-electron chi connectivity index (χ2n) is 1.49. The largest absolute Gasteiger partial charge is 0.504 e. The summed E-state index contributed by atoms with van der Waals surface area (Å²) in [6.45, 7) is 6.00. The van der Waals surface area contributed by atoms with E-state index in [4.69, 9.17) is 10.2 Å². The predicted molar refractivity (Wildman–Crippen MR) is 46.0 cm³/mol. The van der Waals surface area contributed by atoms with Crippen LogP contribution in [0, 0.1) is 0 Å². The van der Waals surface area contributed by atoms with Gasteiger partial charge in [0, 0.05) is 0 Å². The fourth-order valence-electron chi connectivity index (χ4n) is 0.464.